The molecule has 6 nitrogen and oxygen atoms in total. The van der Waals surface area contributed by atoms with Gasteiger partial charge in [0.2, 0.25) is 5.43 Å². The highest BCUT2D eigenvalue weighted by molar-refractivity contribution is 5.89. The molecule has 0 atom stereocenters. The maximum Gasteiger partial charge on any atom is 0.204 e. The molecule has 0 fully saturated rings. The van der Waals surface area contributed by atoms with Gasteiger partial charge in [-0.1, -0.05) is 17.7 Å². The van der Waals surface area contributed by atoms with Gasteiger partial charge in [-0.15, -0.1) is 0 Å². The van der Waals surface area contributed by atoms with Gasteiger partial charge in [0.05, 0.1) is 11.2 Å². The Morgan fingerprint density at radius 1 is 1.10 bits per heavy atom. The number of fused-ring (bicyclic) bond motifs is 1. The molecule has 0 aliphatic carbocycles. The van der Waals surface area contributed by atoms with Gasteiger partial charge in [-0.2, -0.15) is 0 Å². The smallest absolute Gasteiger partial charge is 0.204 e. The lowest BCUT2D eigenvalue weighted by Crippen LogP contribution is -2.19. The third kappa shape index (κ3) is 4.91. The van der Waals surface area contributed by atoms with Crippen LogP contribution < -0.4 is 5.43 Å². The van der Waals surface area contributed by atoms with Gasteiger partial charge in [0.1, 0.15) is 34.5 Å². The third-order valence-corrected chi connectivity index (χ3v) is 5.23. The van der Waals surface area contributed by atoms with Crippen LogP contribution in [0.2, 0.25) is 0 Å². The van der Waals surface area contributed by atoms with Gasteiger partial charge in [-0.3, -0.25) is 4.79 Å². The number of aliphatic hydroxyl groups is 1. The molecule has 0 aliphatic heterocycles. The predicted octanol–water partition coefficient (Wildman–Crippen LogP) is 4.79. The van der Waals surface area contributed by atoms with Crippen molar-refractivity contribution in [1.29, 1.82) is 0 Å². The summed E-state index contributed by atoms with van der Waals surface area (Å²) in [6.45, 7) is 7.19. The highest BCUT2D eigenvalue weighted by atomic mass is 16.3. The van der Waals surface area contributed by atoms with Crippen LogP contribution in [-0.2, 0) is 12.8 Å². The van der Waals surface area contributed by atoms with Crippen LogP contribution in [0.1, 0.15) is 45.2 Å². The van der Waals surface area contributed by atoms with Crippen molar-refractivity contribution in [2.75, 3.05) is 0 Å². The Hall–Kier alpha value is -3.25. The molecule has 0 unspecified atom stereocenters. The molecule has 164 valence electrons. The first kappa shape index (κ1) is 22.4. The highest BCUT2D eigenvalue weighted by Crippen LogP contribution is 2.36. The Kier molecular flexibility index (Phi) is 6.13. The van der Waals surface area contributed by atoms with Gasteiger partial charge < -0.3 is 24.8 Å². The van der Waals surface area contributed by atoms with Gasteiger partial charge >= 0.3 is 0 Å². The van der Waals surface area contributed by atoms with Crippen LogP contribution in [0.15, 0.2) is 51.4 Å². The number of phenolic OH excluding ortho intramolecular Hbond substituents is 3. The topological polar surface area (TPSA) is 111 Å². The van der Waals surface area contributed by atoms with E-state index >= 15 is 0 Å². The first-order valence-electron chi connectivity index (χ1n) is 10.2. The molecule has 0 spiro atoms. The molecule has 0 bridgehead atoms. The average Bonchev–Trinajstić information content (AvgIpc) is 2.66. The van der Waals surface area contributed by atoms with Crippen molar-refractivity contribution in [3.05, 3.63) is 63.5 Å². The van der Waals surface area contributed by atoms with Crippen molar-refractivity contribution >= 4 is 11.0 Å². The zero-order chi connectivity index (χ0) is 22.9. The molecule has 0 aliphatic rings. The van der Waals surface area contributed by atoms with Crippen molar-refractivity contribution in [2.45, 2.75) is 52.6 Å². The van der Waals surface area contributed by atoms with E-state index in [1.807, 2.05) is 19.9 Å². The summed E-state index contributed by atoms with van der Waals surface area (Å²) in [5.41, 5.74) is 1.39. The van der Waals surface area contributed by atoms with E-state index in [-0.39, 0.29) is 45.8 Å². The Balaban J connectivity index is 2.13. The molecule has 31 heavy (non-hydrogen) atoms. The molecule has 3 aromatic rings. The summed E-state index contributed by atoms with van der Waals surface area (Å²) in [6, 6.07) is 6.11. The predicted molar refractivity (Wildman–Crippen MR) is 121 cm³/mol. The number of hydrogen-bond donors (Lipinski definition) is 4. The molecular formula is C25H28O6. The Morgan fingerprint density at radius 3 is 2.45 bits per heavy atom. The molecule has 0 amide bonds. The minimum atomic E-state index is -0.889. The first-order valence-corrected chi connectivity index (χ1v) is 10.2. The standard InChI is InChI=1S/C25H28O6/c1-14(2)5-7-17-20(27)12-21-22(23(17)28)24(29)18(13-31-21)15-6-8-19(26)16(11-15)9-10-25(3,4)30/h5-6,8,11-13,26-28,30H,7,9-10H2,1-4H3. The Labute approximate surface area is 180 Å². The van der Waals surface area contributed by atoms with Crippen LogP contribution in [-0.4, -0.2) is 26.0 Å². The van der Waals surface area contributed by atoms with E-state index in [0.29, 0.717) is 24.0 Å². The summed E-state index contributed by atoms with van der Waals surface area (Å²) >= 11 is 0. The molecule has 0 saturated heterocycles. The van der Waals surface area contributed by atoms with E-state index in [1.165, 1.54) is 18.4 Å². The Morgan fingerprint density at radius 2 is 1.81 bits per heavy atom. The summed E-state index contributed by atoms with van der Waals surface area (Å²) in [5, 5.41) is 41.2. The zero-order valence-electron chi connectivity index (χ0n) is 18.2. The summed E-state index contributed by atoms with van der Waals surface area (Å²) in [5.74, 6) is -0.365. The maximum absolute atomic E-state index is 13.2. The second-order valence-electron chi connectivity index (χ2n) is 8.72. The third-order valence-electron chi connectivity index (χ3n) is 5.23. The van der Waals surface area contributed by atoms with Crippen LogP contribution in [0.25, 0.3) is 22.1 Å². The van der Waals surface area contributed by atoms with Gasteiger partial charge in [-0.25, -0.2) is 0 Å². The second kappa shape index (κ2) is 8.47. The van der Waals surface area contributed by atoms with Crippen LogP contribution in [0, 0.1) is 0 Å². The van der Waals surface area contributed by atoms with Crippen molar-refractivity contribution in [1.82, 2.24) is 0 Å². The molecule has 0 saturated carbocycles. The number of benzene rings is 2. The van der Waals surface area contributed by atoms with E-state index in [9.17, 15) is 25.2 Å². The molecule has 2 aromatic carbocycles. The van der Waals surface area contributed by atoms with Gasteiger partial charge in [0.15, 0.2) is 0 Å². The zero-order valence-corrected chi connectivity index (χ0v) is 18.2. The number of hydrogen-bond acceptors (Lipinski definition) is 6. The van der Waals surface area contributed by atoms with Crippen LogP contribution in [0.4, 0.5) is 0 Å². The van der Waals surface area contributed by atoms with Crippen molar-refractivity contribution in [3.63, 3.8) is 0 Å². The fourth-order valence-electron chi connectivity index (χ4n) is 3.40. The first-order chi connectivity index (χ1) is 14.5. The van der Waals surface area contributed by atoms with E-state index in [1.54, 1.807) is 26.0 Å². The molecule has 1 heterocycles. The molecular weight excluding hydrogens is 396 g/mol. The summed E-state index contributed by atoms with van der Waals surface area (Å²) < 4.78 is 5.57. The quantitative estimate of drug-likeness (QED) is 0.424. The van der Waals surface area contributed by atoms with E-state index < -0.39 is 11.0 Å². The number of rotatable bonds is 6. The largest absolute Gasteiger partial charge is 0.508 e. The van der Waals surface area contributed by atoms with Crippen molar-refractivity contribution in [2.24, 2.45) is 0 Å². The normalized spacial score (nSPS) is 11.6. The maximum atomic E-state index is 13.2. The van der Waals surface area contributed by atoms with Crippen molar-refractivity contribution in [3.8, 4) is 28.4 Å². The fourth-order valence-corrected chi connectivity index (χ4v) is 3.40. The van der Waals surface area contributed by atoms with Gasteiger partial charge in [0, 0.05) is 11.6 Å². The SMILES string of the molecule is CC(C)=CCc1c(O)cc2occ(-c3ccc(O)c(CCC(C)(C)O)c3)c(=O)c2c1O. The minimum Gasteiger partial charge on any atom is -0.508 e. The second-order valence-corrected chi connectivity index (χ2v) is 8.72. The number of allylic oxidation sites excluding steroid dienone is 2. The number of aromatic hydroxyl groups is 3. The lowest BCUT2D eigenvalue weighted by Gasteiger charge is -2.17. The number of phenols is 3. The van der Waals surface area contributed by atoms with Crippen LogP contribution in [0.5, 0.6) is 17.2 Å². The molecule has 3 rings (SSSR count). The summed E-state index contributed by atoms with van der Waals surface area (Å²) in [7, 11) is 0. The van der Waals surface area contributed by atoms with E-state index in [0.717, 1.165) is 5.57 Å². The van der Waals surface area contributed by atoms with Gasteiger partial charge in [0.25, 0.3) is 0 Å². The van der Waals surface area contributed by atoms with Crippen molar-refractivity contribution < 1.29 is 24.8 Å². The lowest BCUT2D eigenvalue weighted by molar-refractivity contribution is 0.0712. The fraction of sp³-hybridized carbons (Fsp3) is 0.320. The van der Waals surface area contributed by atoms with Gasteiger partial charge in [-0.05, 0) is 70.2 Å². The number of aryl methyl sites for hydroxylation is 1. The average molecular weight is 424 g/mol. The Bertz CT molecular complexity index is 1210. The minimum absolute atomic E-state index is 0.00132. The van der Waals surface area contributed by atoms with E-state index in [4.69, 9.17) is 4.42 Å². The van der Waals surface area contributed by atoms with E-state index in [2.05, 4.69) is 0 Å². The summed E-state index contributed by atoms with van der Waals surface area (Å²) in [6.07, 6.45) is 4.27. The highest BCUT2D eigenvalue weighted by Gasteiger charge is 2.20. The monoisotopic (exact) mass is 424 g/mol. The lowest BCUT2D eigenvalue weighted by atomic mass is 9.95. The molecule has 6 heteroatoms. The molecule has 4 N–H and O–H groups in total. The molecule has 1 aromatic heterocycles. The molecule has 0 radical (unpaired) electrons. The van der Waals surface area contributed by atoms with Crippen LogP contribution in [0.3, 0.4) is 0 Å². The summed E-state index contributed by atoms with van der Waals surface area (Å²) in [4.78, 5) is 13.2. The van der Waals surface area contributed by atoms with Crippen LogP contribution >= 0.6 is 0 Å².